The number of carbonyl (C=O) groups is 2. The average Bonchev–Trinajstić information content (AvgIpc) is 3.28. The first-order valence-corrected chi connectivity index (χ1v) is 13.1. The molecule has 1 aromatic heterocycles. The molecule has 196 valence electrons. The van der Waals surface area contributed by atoms with Crippen LogP contribution >= 0.6 is 0 Å². The molecule has 1 fully saturated rings. The average molecular weight is 516 g/mol. The summed E-state index contributed by atoms with van der Waals surface area (Å²) in [6.07, 6.45) is 4.79. The molecular weight excluding hydrogens is 485 g/mol. The number of carbonyl (C=O) groups excluding carboxylic acids is 2. The van der Waals surface area contributed by atoms with E-state index in [1.807, 2.05) is 35.2 Å². The minimum absolute atomic E-state index is 0.0634. The topological polar surface area (TPSA) is 78.0 Å². The first kappa shape index (κ1) is 24.2. The van der Waals surface area contributed by atoms with E-state index in [1.54, 1.807) is 24.3 Å². The van der Waals surface area contributed by atoms with E-state index in [0.29, 0.717) is 30.9 Å². The lowest BCUT2D eigenvalue weighted by molar-refractivity contribution is 0.0984. The number of hydrogen-bond acceptors (Lipinski definition) is 5. The fourth-order valence-electron chi connectivity index (χ4n) is 5.77. The lowest BCUT2D eigenvalue weighted by atomic mass is 10.0. The van der Waals surface area contributed by atoms with Gasteiger partial charge in [0.1, 0.15) is 17.3 Å². The van der Waals surface area contributed by atoms with Crippen molar-refractivity contribution in [2.75, 3.05) is 48.4 Å². The Kier molecular flexibility index (Phi) is 6.35. The number of anilines is 3. The summed E-state index contributed by atoms with van der Waals surface area (Å²) in [4.78, 5) is 36.5. The van der Waals surface area contributed by atoms with E-state index >= 15 is 0 Å². The number of amides is 3. The summed E-state index contributed by atoms with van der Waals surface area (Å²) in [6.45, 7) is 2.71. The standard InChI is InChI=1S/C29H30FN5O3/c1-38-24-4-5-25-20(16-24)8-14-34(29(37)32-25)22-9-12-33(13-10-22)23-6-11-31-26(18-23)28(36)35-15-7-19-2-3-21(30)17-27(19)35/h2-6,11,16-18,22H,7-10,12-15H2,1H3,(H,32,37). The van der Waals surface area contributed by atoms with Crippen molar-refractivity contribution in [3.63, 3.8) is 0 Å². The molecule has 3 aromatic rings. The number of pyridine rings is 1. The molecule has 3 aliphatic rings. The van der Waals surface area contributed by atoms with E-state index in [-0.39, 0.29) is 23.8 Å². The zero-order valence-electron chi connectivity index (χ0n) is 21.3. The molecule has 1 saturated heterocycles. The third-order valence-electron chi connectivity index (χ3n) is 7.86. The second kappa shape index (κ2) is 9.96. The van der Waals surface area contributed by atoms with Crippen LogP contribution in [0.25, 0.3) is 0 Å². The Labute approximate surface area is 221 Å². The van der Waals surface area contributed by atoms with Gasteiger partial charge in [-0.3, -0.25) is 9.78 Å². The highest BCUT2D eigenvalue weighted by molar-refractivity contribution is 6.06. The summed E-state index contributed by atoms with van der Waals surface area (Å²) < 4.78 is 19.2. The number of ether oxygens (including phenoxy) is 1. The number of nitrogens with one attached hydrogen (secondary N) is 1. The smallest absolute Gasteiger partial charge is 0.322 e. The SMILES string of the molecule is COc1ccc2c(c1)CCN(C1CCN(c3ccnc(C(=O)N4CCc5ccc(F)cc54)c3)CC1)C(=O)N2. The number of halogens is 1. The van der Waals surface area contributed by atoms with Crippen LogP contribution in [-0.4, -0.2) is 61.2 Å². The van der Waals surface area contributed by atoms with Gasteiger partial charge in [0.05, 0.1) is 12.8 Å². The molecule has 8 nitrogen and oxygen atoms in total. The van der Waals surface area contributed by atoms with Gasteiger partial charge < -0.3 is 24.8 Å². The highest BCUT2D eigenvalue weighted by atomic mass is 19.1. The van der Waals surface area contributed by atoms with Gasteiger partial charge in [-0.05, 0) is 79.3 Å². The number of aromatic nitrogens is 1. The number of benzene rings is 2. The Bertz CT molecular complexity index is 1390. The van der Waals surface area contributed by atoms with Gasteiger partial charge in [0.25, 0.3) is 5.91 Å². The number of fused-ring (bicyclic) bond motifs is 2. The number of rotatable bonds is 4. The summed E-state index contributed by atoms with van der Waals surface area (Å²) in [5, 5.41) is 3.07. The van der Waals surface area contributed by atoms with Gasteiger partial charge in [0.2, 0.25) is 0 Å². The maximum atomic E-state index is 13.8. The quantitative estimate of drug-likeness (QED) is 0.554. The van der Waals surface area contributed by atoms with E-state index in [2.05, 4.69) is 15.2 Å². The van der Waals surface area contributed by atoms with Crippen LogP contribution in [0.5, 0.6) is 5.75 Å². The third-order valence-corrected chi connectivity index (χ3v) is 7.86. The van der Waals surface area contributed by atoms with Crippen LogP contribution in [0.4, 0.5) is 26.2 Å². The maximum absolute atomic E-state index is 13.8. The van der Waals surface area contributed by atoms with Crippen molar-refractivity contribution < 1.29 is 18.7 Å². The van der Waals surface area contributed by atoms with E-state index in [0.717, 1.165) is 60.6 Å². The highest BCUT2D eigenvalue weighted by Gasteiger charge is 2.31. The summed E-state index contributed by atoms with van der Waals surface area (Å²) in [5.41, 5.74) is 4.79. The molecule has 9 heteroatoms. The Morgan fingerprint density at radius 2 is 1.82 bits per heavy atom. The van der Waals surface area contributed by atoms with Gasteiger partial charge in [-0.2, -0.15) is 0 Å². The molecule has 0 aliphatic carbocycles. The van der Waals surface area contributed by atoms with Crippen molar-refractivity contribution in [2.24, 2.45) is 0 Å². The van der Waals surface area contributed by atoms with Crippen LogP contribution in [-0.2, 0) is 12.8 Å². The van der Waals surface area contributed by atoms with Crippen molar-refractivity contribution in [2.45, 2.75) is 31.7 Å². The Morgan fingerprint density at radius 1 is 1.00 bits per heavy atom. The predicted molar refractivity (Wildman–Crippen MR) is 144 cm³/mol. The lowest BCUT2D eigenvalue weighted by Gasteiger charge is -2.39. The third kappa shape index (κ3) is 4.53. The van der Waals surface area contributed by atoms with Crippen LogP contribution in [0, 0.1) is 5.82 Å². The molecule has 3 aliphatic heterocycles. The van der Waals surface area contributed by atoms with Crippen LogP contribution < -0.4 is 19.9 Å². The zero-order chi connectivity index (χ0) is 26.2. The molecule has 4 heterocycles. The van der Waals surface area contributed by atoms with Gasteiger partial charge in [-0.25, -0.2) is 9.18 Å². The molecule has 2 aromatic carbocycles. The normalized spacial score (nSPS) is 17.5. The molecule has 3 amide bonds. The summed E-state index contributed by atoms with van der Waals surface area (Å²) in [5.74, 6) is 0.217. The second-order valence-corrected chi connectivity index (χ2v) is 9.99. The number of nitrogens with zero attached hydrogens (tertiary/aromatic N) is 4. The summed E-state index contributed by atoms with van der Waals surface area (Å²) in [6, 6.07) is 14.2. The van der Waals surface area contributed by atoms with E-state index < -0.39 is 0 Å². The molecule has 6 rings (SSSR count). The van der Waals surface area contributed by atoms with Crippen LogP contribution in [0.1, 0.15) is 34.5 Å². The molecule has 0 unspecified atom stereocenters. The zero-order valence-corrected chi connectivity index (χ0v) is 21.3. The molecule has 0 bridgehead atoms. The van der Waals surface area contributed by atoms with E-state index in [9.17, 15) is 14.0 Å². The van der Waals surface area contributed by atoms with Crippen LogP contribution in [0.3, 0.4) is 0 Å². The first-order chi connectivity index (χ1) is 18.5. The van der Waals surface area contributed by atoms with Crippen molar-refractivity contribution in [1.29, 1.82) is 0 Å². The van der Waals surface area contributed by atoms with Crippen molar-refractivity contribution in [1.82, 2.24) is 9.88 Å². The molecular formula is C29H30FN5O3. The van der Waals surface area contributed by atoms with Crippen molar-refractivity contribution in [3.05, 3.63) is 77.4 Å². The number of piperidine rings is 1. The fraction of sp³-hybridized carbons (Fsp3) is 0.345. The Hall–Kier alpha value is -4.14. The van der Waals surface area contributed by atoms with Gasteiger partial charge >= 0.3 is 6.03 Å². The molecule has 1 N–H and O–H groups in total. The molecule has 0 radical (unpaired) electrons. The van der Waals surface area contributed by atoms with Crippen molar-refractivity contribution >= 4 is 29.0 Å². The summed E-state index contributed by atoms with van der Waals surface area (Å²) >= 11 is 0. The van der Waals surface area contributed by atoms with Gasteiger partial charge in [0, 0.05) is 49.8 Å². The molecule has 0 atom stereocenters. The minimum atomic E-state index is -0.352. The highest BCUT2D eigenvalue weighted by Crippen LogP contribution is 2.31. The number of hydrogen-bond donors (Lipinski definition) is 1. The number of urea groups is 1. The molecule has 0 spiro atoms. The minimum Gasteiger partial charge on any atom is -0.497 e. The van der Waals surface area contributed by atoms with Crippen LogP contribution in [0.2, 0.25) is 0 Å². The van der Waals surface area contributed by atoms with E-state index in [4.69, 9.17) is 4.74 Å². The summed E-state index contributed by atoms with van der Waals surface area (Å²) in [7, 11) is 1.64. The van der Waals surface area contributed by atoms with Gasteiger partial charge in [-0.15, -0.1) is 0 Å². The van der Waals surface area contributed by atoms with Crippen molar-refractivity contribution in [3.8, 4) is 5.75 Å². The molecule has 0 saturated carbocycles. The van der Waals surface area contributed by atoms with Gasteiger partial charge in [0.15, 0.2) is 0 Å². The van der Waals surface area contributed by atoms with E-state index in [1.165, 1.54) is 12.1 Å². The predicted octanol–water partition coefficient (Wildman–Crippen LogP) is 4.49. The Balaban J connectivity index is 1.11. The second-order valence-electron chi connectivity index (χ2n) is 9.99. The fourth-order valence-corrected chi connectivity index (χ4v) is 5.77. The first-order valence-electron chi connectivity index (χ1n) is 13.1. The molecule has 38 heavy (non-hydrogen) atoms. The van der Waals surface area contributed by atoms with Crippen LogP contribution in [0.15, 0.2) is 54.7 Å². The maximum Gasteiger partial charge on any atom is 0.322 e. The largest absolute Gasteiger partial charge is 0.497 e. The van der Waals surface area contributed by atoms with Gasteiger partial charge in [-0.1, -0.05) is 6.07 Å². The monoisotopic (exact) mass is 515 g/mol. The Morgan fingerprint density at radius 3 is 2.63 bits per heavy atom. The number of methoxy groups -OCH3 is 1. The lowest BCUT2D eigenvalue weighted by Crippen LogP contribution is -2.49.